The highest BCUT2D eigenvalue weighted by atomic mass is 35.5. The van der Waals surface area contributed by atoms with Gasteiger partial charge in [-0.2, -0.15) is 0 Å². The maximum absolute atomic E-state index is 11.3. The molecule has 0 aliphatic rings. The Hall–Kier alpha value is -2.20. The lowest BCUT2D eigenvalue weighted by Gasteiger charge is -2.10. The molecule has 0 aromatic heterocycles. The summed E-state index contributed by atoms with van der Waals surface area (Å²) in [5.41, 5.74) is 12.8. The lowest BCUT2D eigenvalue weighted by Crippen LogP contribution is -2.13. The molecule has 0 saturated heterocycles. The Balaban J connectivity index is 2.15. The molecule has 0 atom stereocenters. The van der Waals surface area contributed by atoms with E-state index in [9.17, 15) is 4.79 Å². The van der Waals surface area contributed by atoms with Crippen molar-refractivity contribution < 1.29 is 9.53 Å². The first-order chi connectivity index (χ1) is 9.06. The van der Waals surface area contributed by atoms with Gasteiger partial charge in [-0.25, -0.2) is 0 Å². The minimum absolute atomic E-state index is 0.267. The van der Waals surface area contributed by atoms with Crippen LogP contribution in [0.15, 0.2) is 42.5 Å². The summed E-state index contributed by atoms with van der Waals surface area (Å²) in [6.07, 6.45) is 0. The number of carbonyl (C=O) groups excluding carboxylic acids is 1. The van der Waals surface area contributed by atoms with E-state index < -0.39 is 5.91 Å². The molecule has 5 heteroatoms. The summed E-state index contributed by atoms with van der Waals surface area (Å²) in [5, 5.41) is 0.439. The Kier molecular flexibility index (Phi) is 3.92. The molecule has 0 radical (unpaired) electrons. The number of nitrogens with two attached hydrogens (primary N) is 2. The van der Waals surface area contributed by atoms with Crippen LogP contribution in [0.2, 0.25) is 5.02 Å². The van der Waals surface area contributed by atoms with Crippen molar-refractivity contribution in [3.8, 4) is 5.75 Å². The number of hydrogen-bond acceptors (Lipinski definition) is 3. The SMILES string of the molecule is NC(=O)c1cc(Cl)ccc1OCc1ccc(N)cc1. The summed E-state index contributed by atoms with van der Waals surface area (Å²) in [7, 11) is 0. The molecule has 0 unspecified atom stereocenters. The van der Waals surface area contributed by atoms with E-state index in [-0.39, 0.29) is 5.56 Å². The number of carbonyl (C=O) groups is 1. The van der Waals surface area contributed by atoms with Crippen LogP contribution in [-0.4, -0.2) is 5.91 Å². The van der Waals surface area contributed by atoms with Crippen molar-refractivity contribution in [1.29, 1.82) is 0 Å². The Labute approximate surface area is 115 Å². The molecule has 0 fully saturated rings. The highest BCUT2D eigenvalue weighted by Gasteiger charge is 2.10. The summed E-state index contributed by atoms with van der Waals surface area (Å²) >= 11 is 5.82. The predicted molar refractivity (Wildman–Crippen MR) is 75.2 cm³/mol. The Bertz CT molecular complexity index is 597. The first-order valence-electron chi connectivity index (χ1n) is 5.63. The van der Waals surface area contributed by atoms with Gasteiger partial charge in [0.15, 0.2) is 0 Å². The first-order valence-corrected chi connectivity index (χ1v) is 6.00. The molecule has 0 aliphatic carbocycles. The van der Waals surface area contributed by atoms with Crippen molar-refractivity contribution in [2.45, 2.75) is 6.61 Å². The standard InChI is InChI=1S/C14H13ClN2O2/c15-10-3-6-13(12(7-10)14(17)18)19-8-9-1-4-11(16)5-2-9/h1-7H,8,16H2,(H2,17,18). The number of halogens is 1. The maximum Gasteiger partial charge on any atom is 0.252 e. The molecule has 98 valence electrons. The zero-order chi connectivity index (χ0) is 13.8. The van der Waals surface area contributed by atoms with Crippen molar-refractivity contribution in [3.05, 3.63) is 58.6 Å². The second-order valence-corrected chi connectivity index (χ2v) is 4.47. The molecule has 0 bridgehead atoms. The zero-order valence-corrected chi connectivity index (χ0v) is 10.9. The van der Waals surface area contributed by atoms with Crippen molar-refractivity contribution in [2.24, 2.45) is 5.73 Å². The van der Waals surface area contributed by atoms with Crippen molar-refractivity contribution >= 4 is 23.2 Å². The maximum atomic E-state index is 11.3. The third-order valence-corrected chi connectivity index (χ3v) is 2.82. The van der Waals surface area contributed by atoms with E-state index in [1.54, 1.807) is 24.3 Å². The third-order valence-electron chi connectivity index (χ3n) is 2.58. The molecule has 1 amide bonds. The summed E-state index contributed by atoms with van der Waals surface area (Å²) < 4.78 is 5.58. The van der Waals surface area contributed by atoms with Crippen LogP contribution in [0.25, 0.3) is 0 Å². The molecule has 2 rings (SSSR count). The van der Waals surface area contributed by atoms with Crippen molar-refractivity contribution in [1.82, 2.24) is 0 Å². The van der Waals surface area contributed by atoms with Crippen LogP contribution < -0.4 is 16.2 Å². The molecular formula is C14H13ClN2O2. The van der Waals surface area contributed by atoms with Gasteiger partial charge in [-0.3, -0.25) is 4.79 Å². The van der Waals surface area contributed by atoms with Gasteiger partial charge in [-0.15, -0.1) is 0 Å². The molecule has 2 aromatic carbocycles. The smallest absolute Gasteiger partial charge is 0.252 e. The third kappa shape index (κ3) is 3.39. The Morgan fingerprint density at radius 1 is 1.16 bits per heavy atom. The van der Waals surface area contributed by atoms with Crippen LogP contribution in [0.5, 0.6) is 5.75 Å². The van der Waals surface area contributed by atoms with Crippen LogP contribution in [0.3, 0.4) is 0 Å². The quantitative estimate of drug-likeness (QED) is 0.843. The number of anilines is 1. The van der Waals surface area contributed by atoms with E-state index in [1.165, 1.54) is 6.07 Å². The van der Waals surface area contributed by atoms with Gasteiger partial charge in [0, 0.05) is 10.7 Å². The van der Waals surface area contributed by atoms with Gasteiger partial charge in [0.05, 0.1) is 5.56 Å². The predicted octanol–water partition coefficient (Wildman–Crippen LogP) is 2.60. The molecule has 19 heavy (non-hydrogen) atoms. The number of amides is 1. The molecule has 0 aliphatic heterocycles. The van der Waals surface area contributed by atoms with Gasteiger partial charge in [-0.05, 0) is 35.9 Å². The molecule has 0 heterocycles. The number of nitrogen functional groups attached to an aromatic ring is 1. The minimum atomic E-state index is -0.574. The van der Waals surface area contributed by atoms with Crippen molar-refractivity contribution in [3.63, 3.8) is 0 Å². The van der Waals surface area contributed by atoms with E-state index in [2.05, 4.69) is 0 Å². The first kappa shape index (κ1) is 13.2. The van der Waals surface area contributed by atoms with Gasteiger partial charge >= 0.3 is 0 Å². The van der Waals surface area contributed by atoms with Crippen LogP contribution >= 0.6 is 11.6 Å². The number of hydrogen-bond donors (Lipinski definition) is 2. The Morgan fingerprint density at radius 2 is 1.84 bits per heavy atom. The van der Waals surface area contributed by atoms with Gasteiger partial charge in [-0.1, -0.05) is 23.7 Å². The van der Waals surface area contributed by atoms with E-state index in [4.69, 9.17) is 27.8 Å². The average molecular weight is 277 g/mol. The van der Waals surface area contributed by atoms with Crippen LogP contribution in [0.4, 0.5) is 5.69 Å². The Morgan fingerprint density at radius 3 is 2.47 bits per heavy atom. The summed E-state index contributed by atoms with van der Waals surface area (Å²) in [6.45, 7) is 0.322. The minimum Gasteiger partial charge on any atom is -0.488 e. The number of benzene rings is 2. The zero-order valence-electron chi connectivity index (χ0n) is 10.1. The van der Waals surface area contributed by atoms with E-state index in [1.807, 2.05) is 12.1 Å². The summed E-state index contributed by atoms with van der Waals surface area (Å²) in [6, 6.07) is 12.0. The number of ether oxygens (including phenoxy) is 1. The van der Waals surface area contributed by atoms with Gasteiger partial charge in [0.2, 0.25) is 0 Å². The molecule has 4 N–H and O–H groups in total. The molecular weight excluding hydrogens is 264 g/mol. The lowest BCUT2D eigenvalue weighted by atomic mass is 10.2. The highest BCUT2D eigenvalue weighted by Crippen LogP contribution is 2.23. The fourth-order valence-electron chi connectivity index (χ4n) is 1.60. The fraction of sp³-hybridized carbons (Fsp3) is 0.0714. The molecule has 0 spiro atoms. The molecule has 2 aromatic rings. The normalized spacial score (nSPS) is 10.2. The lowest BCUT2D eigenvalue weighted by molar-refractivity contribution is 0.0996. The summed E-state index contributed by atoms with van der Waals surface area (Å²) in [4.78, 5) is 11.3. The monoisotopic (exact) mass is 276 g/mol. The summed E-state index contributed by atoms with van der Waals surface area (Å²) in [5.74, 6) is -0.163. The van der Waals surface area contributed by atoms with Crippen LogP contribution in [0.1, 0.15) is 15.9 Å². The van der Waals surface area contributed by atoms with E-state index in [0.29, 0.717) is 23.1 Å². The fourth-order valence-corrected chi connectivity index (χ4v) is 1.77. The molecule has 0 saturated carbocycles. The number of rotatable bonds is 4. The van der Waals surface area contributed by atoms with Gasteiger partial charge in [0.1, 0.15) is 12.4 Å². The van der Waals surface area contributed by atoms with E-state index in [0.717, 1.165) is 5.56 Å². The van der Waals surface area contributed by atoms with E-state index >= 15 is 0 Å². The largest absolute Gasteiger partial charge is 0.488 e. The van der Waals surface area contributed by atoms with Crippen LogP contribution in [-0.2, 0) is 6.61 Å². The van der Waals surface area contributed by atoms with Gasteiger partial charge < -0.3 is 16.2 Å². The van der Waals surface area contributed by atoms with Gasteiger partial charge in [0.25, 0.3) is 5.91 Å². The number of primary amides is 1. The highest BCUT2D eigenvalue weighted by molar-refractivity contribution is 6.31. The average Bonchev–Trinajstić information content (AvgIpc) is 2.39. The molecule has 4 nitrogen and oxygen atoms in total. The van der Waals surface area contributed by atoms with Crippen molar-refractivity contribution in [2.75, 3.05) is 5.73 Å². The van der Waals surface area contributed by atoms with Crippen LogP contribution in [0, 0.1) is 0 Å². The second kappa shape index (κ2) is 5.63. The second-order valence-electron chi connectivity index (χ2n) is 4.03. The topological polar surface area (TPSA) is 78.3 Å².